The van der Waals surface area contributed by atoms with Crippen molar-refractivity contribution in [2.75, 3.05) is 23.3 Å². The fourth-order valence-corrected chi connectivity index (χ4v) is 5.23. The molecule has 1 aromatic carbocycles. The van der Waals surface area contributed by atoms with Crippen LogP contribution in [0, 0.1) is 0 Å². The van der Waals surface area contributed by atoms with E-state index < -0.39 is 11.3 Å². The number of anilines is 2. The molecule has 2 fully saturated rings. The van der Waals surface area contributed by atoms with Gasteiger partial charge in [0, 0.05) is 24.5 Å². The molecule has 2 aliphatic heterocycles. The van der Waals surface area contributed by atoms with Crippen molar-refractivity contribution in [2.45, 2.75) is 89.4 Å². The number of nitrogens with one attached hydrogen (secondary N) is 1. The number of nitrogens with zero attached hydrogens (tertiary/aromatic N) is 4. The smallest absolute Gasteiger partial charge is 0.410 e. The summed E-state index contributed by atoms with van der Waals surface area (Å²) in [6, 6.07) is 8.29. The van der Waals surface area contributed by atoms with Gasteiger partial charge in [-0.05, 0) is 90.0 Å². The Balaban J connectivity index is 1.43. The third kappa shape index (κ3) is 5.39. The van der Waals surface area contributed by atoms with Gasteiger partial charge in [-0.25, -0.2) is 9.79 Å². The van der Waals surface area contributed by atoms with Crippen LogP contribution < -0.4 is 21.7 Å². The lowest BCUT2D eigenvalue weighted by molar-refractivity contribution is 0.0114. The molecule has 1 spiro atoms. The number of guanidine groups is 2. The number of rotatable bonds is 4. The summed E-state index contributed by atoms with van der Waals surface area (Å²) in [6.07, 6.45) is 8.07. The molecule has 4 rings (SSSR count). The number of nitrogens with two attached hydrogens (primary N) is 2. The lowest BCUT2D eigenvalue weighted by Gasteiger charge is -2.45. The average Bonchev–Trinajstić information content (AvgIpc) is 2.77. The first kappa shape index (κ1) is 24.2. The standard InChI is InChI=1S/C25H39N7O2/c1-24(2,3)34-23(33)31-16-8-5-9-20(31)17-28-18-10-12-19(13-11-18)32-22(27)29-21(26)30-25(32)14-6-4-7-15-25/h10-13,20,28H,4-9,14-17H2,1-3H3,(H4,26,27,29,30). The van der Waals surface area contributed by atoms with Crippen molar-refractivity contribution in [2.24, 2.45) is 21.5 Å². The number of amides is 1. The molecular formula is C25H39N7O2. The molecule has 1 atom stereocenters. The summed E-state index contributed by atoms with van der Waals surface area (Å²) in [5, 5.41) is 3.50. The normalized spacial score (nSPS) is 22.7. The number of aliphatic imine (C=N–C) groups is 2. The molecule has 186 valence electrons. The molecular weight excluding hydrogens is 430 g/mol. The van der Waals surface area contributed by atoms with Crippen LogP contribution in [0.25, 0.3) is 0 Å². The molecule has 0 aromatic heterocycles. The van der Waals surface area contributed by atoms with Crippen molar-refractivity contribution in [1.29, 1.82) is 0 Å². The van der Waals surface area contributed by atoms with Crippen LogP contribution in [0.3, 0.4) is 0 Å². The predicted octanol–water partition coefficient (Wildman–Crippen LogP) is 4.00. The van der Waals surface area contributed by atoms with Gasteiger partial charge in [0.1, 0.15) is 11.3 Å². The maximum atomic E-state index is 12.7. The van der Waals surface area contributed by atoms with E-state index in [1.165, 1.54) is 6.42 Å². The summed E-state index contributed by atoms with van der Waals surface area (Å²) >= 11 is 0. The molecule has 0 bridgehead atoms. The number of ether oxygens (including phenoxy) is 1. The molecule has 3 aliphatic rings. The van der Waals surface area contributed by atoms with E-state index in [0.29, 0.717) is 12.5 Å². The zero-order valence-electron chi connectivity index (χ0n) is 20.7. The highest BCUT2D eigenvalue weighted by Crippen LogP contribution is 2.39. The van der Waals surface area contributed by atoms with E-state index in [4.69, 9.17) is 21.2 Å². The molecule has 5 N–H and O–H groups in total. The SMILES string of the molecule is CC(C)(C)OC(=O)N1CCCCC1CNc1ccc(N2C(N)=NC(N)=NC23CCCCC3)cc1. The number of hydrogen-bond donors (Lipinski definition) is 3. The molecule has 9 nitrogen and oxygen atoms in total. The number of benzene rings is 1. The van der Waals surface area contributed by atoms with E-state index >= 15 is 0 Å². The summed E-state index contributed by atoms with van der Waals surface area (Å²) in [5.74, 6) is 0.654. The van der Waals surface area contributed by atoms with Crippen molar-refractivity contribution < 1.29 is 9.53 Å². The number of piperidine rings is 1. The van der Waals surface area contributed by atoms with Gasteiger partial charge in [-0.3, -0.25) is 4.90 Å². The summed E-state index contributed by atoms with van der Waals surface area (Å²) in [4.78, 5) is 25.6. The van der Waals surface area contributed by atoms with Crippen LogP contribution in [0.2, 0.25) is 0 Å². The van der Waals surface area contributed by atoms with Gasteiger partial charge in [0.25, 0.3) is 0 Å². The Bertz CT molecular complexity index is 930. The van der Waals surface area contributed by atoms with Crippen molar-refractivity contribution >= 4 is 29.4 Å². The monoisotopic (exact) mass is 469 g/mol. The third-order valence-electron chi connectivity index (χ3n) is 6.77. The summed E-state index contributed by atoms with van der Waals surface area (Å²) in [6.45, 7) is 7.12. The highest BCUT2D eigenvalue weighted by atomic mass is 16.6. The Hall–Kier alpha value is -2.97. The average molecular weight is 470 g/mol. The Morgan fingerprint density at radius 3 is 2.50 bits per heavy atom. The summed E-state index contributed by atoms with van der Waals surface area (Å²) < 4.78 is 5.63. The molecule has 2 heterocycles. The van der Waals surface area contributed by atoms with Crippen molar-refractivity contribution in [3.63, 3.8) is 0 Å². The Morgan fingerprint density at radius 1 is 1.12 bits per heavy atom. The fourth-order valence-electron chi connectivity index (χ4n) is 5.23. The van der Waals surface area contributed by atoms with E-state index in [-0.39, 0.29) is 18.1 Å². The minimum absolute atomic E-state index is 0.107. The number of carbonyl (C=O) groups is 1. The largest absolute Gasteiger partial charge is 0.444 e. The van der Waals surface area contributed by atoms with Crippen LogP contribution in [0.1, 0.15) is 72.1 Å². The van der Waals surface area contributed by atoms with E-state index in [0.717, 1.165) is 62.9 Å². The minimum Gasteiger partial charge on any atom is -0.444 e. The Kier molecular flexibility index (Phi) is 6.91. The molecule has 1 unspecified atom stereocenters. The van der Waals surface area contributed by atoms with Crippen molar-refractivity contribution in [3.05, 3.63) is 24.3 Å². The van der Waals surface area contributed by atoms with Gasteiger partial charge in [0.15, 0.2) is 0 Å². The zero-order chi connectivity index (χ0) is 24.3. The van der Waals surface area contributed by atoms with Gasteiger partial charge >= 0.3 is 6.09 Å². The second-order valence-electron chi connectivity index (χ2n) is 10.6. The lowest BCUT2D eigenvalue weighted by Crippen LogP contribution is -2.58. The third-order valence-corrected chi connectivity index (χ3v) is 6.77. The van der Waals surface area contributed by atoms with Crippen LogP contribution in [-0.4, -0.2) is 53.3 Å². The first-order chi connectivity index (χ1) is 16.2. The molecule has 9 heteroatoms. The minimum atomic E-state index is -0.494. The van der Waals surface area contributed by atoms with Crippen molar-refractivity contribution in [1.82, 2.24) is 4.90 Å². The van der Waals surface area contributed by atoms with E-state index in [1.54, 1.807) is 0 Å². The van der Waals surface area contributed by atoms with E-state index in [9.17, 15) is 4.79 Å². The number of hydrogen-bond acceptors (Lipinski definition) is 8. The van der Waals surface area contributed by atoms with Gasteiger partial charge in [-0.1, -0.05) is 6.42 Å². The van der Waals surface area contributed by atoms with Gasteiger partial charge in [0.05, 0.1) is 6.04 Å². The Labute approximate surface area is 202 Å². The first-order valence-corrected chi connectivity index (χ1v) is 12.5. The van der Waals surface area contributed by atoms with Gasteiger partial charge in [-0.15, -0.1) is 0 Å². The van der Waals surface area contributed by atoms with Gasteiger partial charge < -0.3 is 26.4 Å². The van der Waals surface area contributed by atoms with Crippen LogP contribution in [0.15, 0.2) is 34.3 Å². The molecule has 1 saturated heterocycles. The van der Waals surface area contributed by atoms with E-state index in [1.807, 2.05) is 54.8 Å². The molecule has 1 aliphatic carbocycles. The van der Waals surface area contributed by atoms with Crippen molar-refractivity contribution in [3.8, 4) is 0 Å². The molecule has 1 aromatic rings. The van der Waals surface area contributed by atoms with Crippen LogP contribution in [-0.2, 0) is 4.74 Å². The lowest BCUT2D eigenvalue weighted by atomic mass is 9.87. The first-order valence-electron chi connectivity index (χ1n) is 12.5. The van der Waals surface area contributed by atoms with Crippen LogP contribution >= 0.6 is 0 Å². The second kappa shape index (κ2) is 9.72. The fraction of sp³-hybridized carbons (Fsp3) is 0.640. The number of carbonyl (C=O) groups excluding carboxylic acids is 1. The quantitative estimate of drug-likeness (QED) is 0.613. The molecule has 1 saturated carbocycles. The maximum absolute atomic E-state index is 12.7. The highest BCUT2D eigenvalue weighted by Gasteiger charge is 2.42. The maximum Gasteiger partial charge on any atom is 0.410 e. The van der Waals surface area contributed by atoms with E-state index in [2.05, 4.69) is 10.3 Å². The second-order valence-corrected chi connectivity index (χ2v) is 10.6. The number of likely N-dealkylation sites (tertiary alicyclic amines) is 1. The van der Waals surface area contributed by atoms with Crippen LogP contribution in [0.4, 0.5) is 16.2 Å². The van der Waals surface area contributed by atoms with Crippen LogP contribution in [0.5, 0.6) is 0 Å². The summed E-state index contributed by atoms with van der Waals surface area (Å²) in [5.41, 5.74) is 13.3. The zero-order valence-corrected chi connectivity index (χ0v) is 20.7. The highest BCUT2D eigenvalue weighted by molar-refractivity contribution is 6.05. The van der Waals surface area contributed by atoms with Gasteiger partial charge in [-0.2, -0.15) is 4.99 Å². The van der Waals surface area contributed by atoms with Gasteiger partial charge in [0.2, 0.25) is 11.9 Å². The predicted molar refractivity (Wildman–Crippen MR) is 137 cm³/mol. The molecule has 1 amide bonds. The molecule has 0 radical (unpaired) electrons. The summed E-state index contributed by atoms with van der Waals surface area (Å²) in [7, 11) is 0. The Morgan fingerprint density at radius 2 is 1.82 bits per heavy atom. The topological polar surface area (TPSA) is 122 Å². The molecule has 34 heavy (non-hydrogen) atoms.